The maximum absolute atomic E-state index is 12.4. The van der Waals surface area contributed by atoms with Crippen molar-refractivity contribution in [1.82, 2.24) is 29.4 Å². The second kappa shape index (κ2) is 9.79. The molecule has 3 rings (SSSR count). The first kappa shape index (κ1) is 23.9. The monoisotopic (exact) mass is 460 g/mol. The molecular formula is C22H29ClN6O3. The van der Waals surface area contributed by atoms with Gasteiger partial charge in [0.2, 0.25) is 5.28 Å². The highest BCUT2D eigenvalue weighted by Gasteiger charge is 2.24. The van der Waals surface area contributed by atoms with Gasteiger partial charge in [0.1, 0.15) is 17.1 Å². The summed E-state index contributed by atoms with van der Waals surface area (Å²) in [5.41, 5.74) is 2.31. The molecule has 9 nitrogen and oxygen atoms in total. The fraction of sp³-hybridized carbons (Fsp3) is 0.500. The van der Waals surface area contributed by atoms with Gasteiger partial charge < -0.3 is 18.9 Å². The van der Waals surface area contributed by atoms with E-state index >= 15 is 0 Å². The summed E-state index contributed by atoms with van der Waals surface area (Å²) in [6.07, 6.45) is 2.61. The van der Waals surface area contributed by atoms with E-state index in [1.54, 1.807) is 25.5 Å². The predicted octanol–water partition coefficient (Wildman–Crippen LogP) is 4.12. The molecule has 0 aliphatic carbocycles. The first-order chi connectivity index (χ1) is 15.1. The highest BCUT2D eigenvalue weighted by atomic mass is 35.5. The zero-order chi connectivity index (χ0) is 23.5. The maximum Gasteiger partial charge on any atom is 0.410 e. The van der Waals surface area contributed by atoms with Gasteiger partial charge in [-0.1, -0.05) is 0 Å². The van der Waals surface area contributed by atoms with E-state index in [0.717, 1.165) is 16.9 Å². The molecule has 10 heteroatoms. The summed E-state index contributed by atoms with van der Waals surface area (Å²) in [5, 5.41) is 0.148. The normalized spacial score (nSPS) is 12.7. The SMILES string of the molecule is CCO[C@@H](CN(C)C(=O)OC(C)(C)C)Cn1c(C)nc2ccnc(-c3ccnc(Cl)n3)c21. The van der Waals surface area contributed by atoms with Crippen molar-refractivity contribution in [2.24, 2.45) is 0 Å². The molecule has 0 aliphatic rings. The Morgan fingerprint density at radius 2 is 1.94 bits per heavy atom. The molecule has 0 saturated carbocycles. The van der Waals surface area contributed by atoms with Gasteiger partial charge in [-0.3, -0.25) is 4.98 Å². The lowest BCUT2D eigenvalue weighted by molar-refractivity contribution is 0.00178. The zero-order valence-corrected chi connectivity index (χ0v) is 20.0. The van der Waals surface area contributed by atoms with Gasteiger partial charge in [-0.15, -0.1) is 0 Å². The number of ether oxygens (including phenoxy) is 2. The van der Waals surface area contributed by atoms with E-state index in [1.807, 2.05) is 45.3 Å². The van der Waals surface area contributed by atoms with Crippen LogP contribution in [0.1, 0.15) is 33.5 Å². The number of hydrogen-bond acceptors (Lipinski definition) is 7. The van der Waals surface area contributed by atoms with Crippen molar-refractivity contribution in [3.05, 3.63) is 35.6 Å². The first-order valence-corrected chi connectivity index (χ1v) is 10.8. The highest BCUT2D eigenvalue weighted by molar-refractivity contribution is 6.28. The van der Waals surface area contributed by atoms with Gasteiger partial charge in [-0.05, 0) is 58.4 Å². The molecule has 0 radical (unpaired) electrons. The number of aryl methyl sites for hydroxylation is 1. The molecule has 0 fully saturated rings. The molecular weight excluding hydrogens is 432 g/mol. The van der Waals surface area contributed by atoms with E-state index in [-0.39, 0.29) is 11.4 Å². The molecule has 0 bridgehead atoms. The number of imidazole rings is 1. The van der Waals surface area contributed by atoms with Crippen molar-refractivity contribution < 1.29 is 14.3 Å². The molecule has 1 amide bonds. The summed E-state index contributed by atoms with van der Waals surface area (Å²) in [6, 6.07) is 3.62. The second-order valence-corrected chi connectivity index (χ2v) is 8.78. The molecule has 0 saturated heterocycles. The Bertz CT molecular complexity index is 1090. The lowest BCUT2D eigenvalue weighted by Crippen LogP contribution is -2.40. The van der Waals surface area contributed by atoms with Crippen molar-refractivity contribution >= 4 is 28.7 Å². The molecule has 172 valence electrons. The highest BCUT2D eigenvalue weighted by Crippen LogP contribution is 2.27. The number of halogens is 1. The Labute approximate surface area is 192 Å². The number of carbonyl (C=O) groups is 1. The van der Waals surface area contributed by atoms with E-state index in [4.69, 9.17) is 21.1 Å². The Hall–Kier alpha value is -2.78. The van der Waals surface area contributed by atoms with Crippen molar-refractivity contribution in [1.29, 1.82) is 0 Å². The molecule has 32 heavy (non-hydrogen) atoms. The number of fused-ring (bicyclic) bond motifs is 1. The van der Waals surface area contributed by atoms with Crippen LogP contribution in [-0.4, -0.2) is 67.4 Å². The van der Waals surface area contributed by atoms with Crippen LogP contribution in [0.2, 0.25) is 5.28 Å². The fourth-order valence-corrected chi connectivity index (χ4v) is 3.54. The number of rotatable bonds is 7. The van der Waals surface area contributed by atoms with E-state index < -0.39 is 11.7 Å². The van der Waals surface area contributed by atoms with Crippen LogP contribution < -0.4 is 0 Å². The van der Waals surface area contributed by atoms with Gasteiger partial charge in [-0.2, -0.15) is 0 Å². The molecule has 3 aromatic rings. The number of pyridine rings is 1. The van der Waals surface area contributed by atoms with Crippen LogP contribution in [0.15, 0.2) is 24.5 Å². The standard InChI is InChI=1S/C22H29ClN6O3/c1-7-31-15(12-28(6)21(30)32-22(3,4)5)13-29-14(2)26-17-9-10-24-18(19(17)29)16-8-11-25-20(23)27-16/h8-11,15H,7,12-13H2,1-6H3/t15-/m0/s1. The Morgan fingerprint density at radius 1 is 1.22 bits per heavy atom. The topological polar surface area (TPSA) is 95.3 Å². The van der Waals surface area contributed by atoms with Gasteiger partial charge in [0.05, 0.1) is 35.9 Å². The van der Waals surface area contributed by atoms with Crippen LogP contribution >= 0.6 is 11.6 Å². The molecule has 0 spiro atoms. The van der Waals surface area contributed by atoms with E-state index in [0.29, 0.717) is 31.1 Å². The second-order valence-electron chi connectivity index (χ2n) is 8.45. The average molecular weight is 461 g/mol. The van der Waals surface area contributed by atoms with Crippen molar-refractivity contribution in [2.45, 2.75) is 52.9 Å². The van der Waals surface area contributed by atoms with Crippen molar-refractivity contribution in [3.8, 4) is 11.4 Å². The molecule has 0 aromatic carbocycles. The smallest absolute Gasteiger partial charge is 0.410 e. The summed E-state index contributed by atoms with van der Waals surface area (Å²) < 4.78 is 13.5. The number of likely N-dealkylation sites (N-methyl/N-ethyl adjacent to an activating group) is 1. The van der Waals surface area contributed by atoms with E-state index in [1.165, 1.54) is 4.90 Å². The molecule has 3 aromatic heterocycles. The number of hydrogen-bond donors (Lipinski definition) is 0. The average Bonchev–Trinajstić information content (AvgIpc) is 3.02. The predicted molar refractivity (Wildman–Crippen MR) is 123 cm³/mol. The third kappa shape index (κ3) is 5.72. The largest absolute Gasteiger partial charge is 0.444 e. The zero-order valence-electron chi connectivity index (χ0n) is 19.3. The summed E-state index contributed by atoms with van der Waals surface area (Å²) in [4.78, 5) is 31.5. The van der Waals surface area contributed by atoms with Gasteiger partial charge in [0, 0.05) is 26.0 Å². The van der Waals surface area contributed by atoms with Crippen LogP contribution in [0.5, 0.6) is 0 Å². The third-order valence-corrected chi connectivity index (χ3v) is 4.87. The Kier molecular flexibility index (Phi) is 7.30. The first-order valence-electron chi connectivity index (χ1n) is 10.5. The Balaban J connectivity index is 1.93. The molecule has 0 N–H and O–H groups in total. The van der Waals surface area contributed by atoms with Gasteiger partial charge in [-0.25, -0.2) is 19.7 Å². The summed E-state index contributed by atoms with van der Waals surface area (Å²) in [5.74, 6) is 0.805. The van der Waals surface area contributed by atoms with Gasteiger partial charge in [0.25, 0.3) is 0 Å². The summed E-state index contributed by atoms with van der Waals surface area (Å²) >= 11 is 6.01. The van der Waals surface area contributed by atoms with Crippen LogP contribution in [-0.2, 0) is 16.0 Å². The Morgan fingerprint density at radius 3 is 2.59 bits per heavy atom. The quantitative estimate of drug-likeness (QED) is 0.489. The van der Waals surface area contributed by atoms with Crippen LogP contribution in [0.3, 0.4) is 0 Å². The lowest BCUT2D eigenvalue weighted by Gasteiger charge is -2.28. The van der Waals surface area contributed by atoms with Crippen LogP contribution in [0.25, 0.3) is 22.4 Å². The molecule has 0 unspecified atom stereocenters. The third-order valence-electron chi connectivity index (χ3n) is 4.69. The van der Waals surface area contributed by atoms with Crippen molar-refractivity contribution in [2.75, 3.05) is 20.2 Å². The number of aromatic nitrogens is 5. The van der Waals surface area contributed by atoms with E-state index in [9.17, 15) is 4.79 Å². The maximum atomic E-state index is 12.4. The van der Waals surface area contributed by atoms with Gasteiger partial charge in [0.15, 0.2) is 0 Å². The molecule has 3 heterocycles. The van der Waals surface area contributed by atoms with Crippen molar-refractivity contribution in [3.63, 3.8) is 0 Å². The minimum Gasteiger partial charge on any atom is -0.444 e. The summed E-state index contributed by atoms with van der Waals surface area (Å²) in [6.45, 7) is 10.7. The number of nitrogens with zero attached hydrogens (tertiary/aromatic N) is 6. The fourth-order valence-electron chi connectivity index (χ4n) is 3.40. The van der Waals surface area contributed by atoms with E-state index in [2.05, 4.69) is 19.9 Å². The van der Waals surface area contributed by atoms with Crippen LogP contribution in [0.4, 0.5) is 4.79 Å². The molecule has 1 atom stereocenters. The number of amides is 1. The minimum absolute atomic E-state index is 0.148. The van der Waals surface area contributed by atoms with Gasteiger partial charge >= 0.3 is 6.09 Å². The van der Waals surface area contributed by atoms with Crippen LogP contribution in [0, 0.1) is 6.92 Å². The molecule has 0 aliphatic heterocycles. The summed E-state index contributed by atoms with van der Waals surface area (Å²) in [7, 11) is 1.70. The minimum atomic E-state index is -0.566. The number of carbonyl (C=O) groups excluding carboxylic acids is 1. The lowest BCUT2D eigenvalue weighted by atomic mass is 10.2.